The van der Waals surface area contributed by atoms with Crippen LogP contribution in [0.4, 0.5) is 17.5 Å². The molecule has 0 aliphatic heterocycles. The van der Waals surface area contributed by atoms with Gasteiger partial charge in [-0.1, -0.05) is 41.4 Å². The molecule has 0 saturated carbocycles. The van der Waals surface area contributed by atoms with Gasteiger partial charge in [-0.2, -0.15) is 4.98 Å². The Kier molecular flexibility index (Phi) is 3.34. The standard InChI is InChI=1S/C14H10Cl2N4/c15-9-5-3-7-11(12(9)16)19-14-18-10-6-2-1-4-8(10)13(17)20-14/h1-7H,(H3,17,18,19,20). The first-order valence-electron chi connectivity index (χ1n) is 5.88. The van der Waals surface area contributed by atoms with E-state index >= 15 is 0 Å². The Morgan fingerprint density at radius 2 is 1.75 bits per heavy atom. The molecular formula is C14H10Cl2N4. The molecule has 4 nitrogen and oxygen atoms in total. The number of anilines is 3. The molecule has 0 unspecified atom stereocenters. The molecule has 6 heteroatoms. The number of hydrogen-bond donors (Lipinski definition) is 2. The van der Waals surface area contributed by atoms with Crippen molar-refractivity contribution in [1.82, 2.24) is 9.97 Å². The van der Waals surface area contributed by atoms with Crippen molar-refractivity contribution in [2.45, 2.75) is 0 Å². The molecule has 1 heterocycles. The van der Waals surface area contributed by atoms with E-state index in [1.807, 2.05) is 24.3 Å². The number of halogens is 2. The van der Waals surface area contributed by atoms with Crippen LogP contribution in [-0.2, 0) is 0 Å². The maximum absolute atomic E-state index is 6.12. The highest BCUT2D eigenvalue weighted by atomic mass is 35.5. The van der Waals surface area contributed by atoms with Crippen molar-refractivity contribution in [3.63, 3.8) is 0 Å². The van der Waals surface area contributed by atoms with Crippen molar-refractivity contribution in [3.05, 3.63) is 52.5 Å². The number of aromatic nitrogens is 2. The molecule has 3 aromatic rings. The molecule has 0 aliphatic rings. The lowest BCUT2D eigenvalue weighted by atomic mass is 10.2. The molecule has 0 spiro atoms. The number of rotatable bonds is 2. The van der Waals surface area contributed by atoms with Crippen molar-refractivity contribution >= 4 is 51.6 Å². The first-order chi connectivity index (χ1) is 9.65. The van der Waals surface area contributed by atoms with Gasteiger partial charge in [-0.15, -0.1) is 0 Å². The minimum Gasteiger partial charge on any atom is -0.383 e. The van der Waals surface area contributed by atoms with Gasteiger partial charge in [0.1, 0.15) is 5.82 Å². The average Bonchev–Trinajstić information content (AvgIpc) is 2.44. The monoisotopic (exact) mass is 304 g/mol. The lowest BCUT2D eigenvalue weighted by Crippen LogP contribution is -2.01. The summed E-state index contributed by atoms with van der Waals surface area (Å²) >= 11 is 12.1. The molecule has 3 rings (SSSR count). The number of nitrogen functional groups attached to an aromatic ring is 1. The summed E-state index contributed by atoms with van der Waals surface area (Å²) in [5.41, 5.74) is 7.33. The molecule has 20 heavy (non-hydrogen) atoms. The lowest BCUT2D eigenvalue weighted by molar-refractivity contribution is 1.22. The Morgan fingerprint density at radius 3 is 2.60 bits per heavy atom. The Bertz CT molecular complexity index is 789. The van der Waals surface area contributed by atoms with Gasteiger partial charge in [0.25, 0.3) is 0 Å². The van der Waals surface area contributed by atoms with Gasteiger partial charge in [-0.3, -0.25) is 0 Å². The quantitative estimate of drug-likeness (QED) is 0.742. The summed E-state index contributed by atoms with van der Waals surface area (Å²) in [5, 5.41) is 4.73. The third-order valence-corrected chi connectivity index (χ3v) is 3.65. The van der Waals surface area contributed by atoms with Crippen LogP contribution < -0.4 is 11.1 Å². The van der Waals surface area contributed by atoms with Gasteiger partial charge in [0.15, 0.2) is 0 Å². The topological polar surface area (TPSA) is 63.8 Å². The van der Waals surface area contributed by atoms with E-state index in [4.69, 9.17) is 28.9 Å². The molecule has 0 atom stereocenters. The zero-order chi connectivity index (χ0) is 14.1. The van der Waals surface area contributed by atoms with Gasteiger partial charge < -0.3 is 11.1 Å². The first-order valence-corrected chi connectivity index (χ1v) is 6.64. The van der Waals surface area contributed by atoms with Crippen LogP contribution in [-0.4, -0.2) is 9.97 Å². The third-order valence-electron chi connectivity index (χ3n) is 2.83. The largest absolute Gasteiger partial charge is 0.383 e. The molecular weight excluding hydrogens is 295 g/mol. The van der Waals surface area contributed by atoms with Gasteiger partial charge >= 0.3 is 0 Å². The summed E-state index contributed by atoms with van der Waals surface area (Å²) in [6, 6.07) is 12.8. The van der Waals surface area contributed by atoms with Gasteiger partial charge in [0.2, 0.25) is 5.95 Å². The van der Waals surface area contributed by atoms with Gasteiger partial charge in [-0.25, -0.2) is 4.98 Å². The van der Waals surface area contributed by atoms with Crippen molar-refractivity contribution in [3.8, 4) is 0 Å². The Labute approximate surface area is 125 Å². The van der Waals surface area contributed by atoms with E-state index in [2.05, 4.69) is 15.3 Å². The van der Waals surface area contributed by atoms with Crippen molar-refractivity contribution < 1.29 is 0 Å². The number of benzene rings is 2. The van der Waals surface area contributed by atoms with E-state index in [1.165, 1.54) is 0 Å². The number of nitrogens with one attached hydrogen (secondary N) is 1. The van der Waals surface area contributed by atoms with E-state index in [0.29, 0.717) is 27.5 Å². The summed E-state index contributed by atoms with van der Waals surface area (Å²) in [6.07, 6.45) is 0. The summed E-state index contributed by atoms with van der Waals surface area (Å²) in [5.74, 6) is 0.793. The smallest absolute Gasteiger partial charge is 0.229 e. The summed E-state index contributed by atoms with van der Waals surface area (Å²) in [4.78, 5) is 8.62. The molecule has 1 aromatic heterocycles. The molecule has 0 radical (unpaired) electrons. The number of fused-ring (bicyclic) bond motifs is 1. The predicted octanol–water partition coefficient (Wildman–Crippen LogP) is 4.26. The second-order valence-corrected chi connectivity index (χ2v) is 4.96. The lowest BCUT2D eigenvalue weighted by Gasteiger charge is -2.09. The summed E-state index contributed by atoms with van der Waals surface area (Å²) in [6.45, 7) is 0. The number of nitrogens with two attached hydrogens (primary N) is 1. The fraction of sp³-hybridized carbons (Fsp3) is 0. The van der Waals surface area contributed by atoms with E-state index < -0.39 is 0 Å². The highest BCUT2D eigenvalue weighted by Gasteiger charge is 2.08. The van der Waals surface area contributed by atoms with Crippen LogP contribution in [0.25, 0.3) is 10.9 Å². The Morgan fingerprint density at radius 1 is 0.950 bits per heavy atom. The van der Waals surface area contributed by atoms with E-state index in [0.717, 1.165) is 10.9 Å². The zero-order valence-electron chi connectivity index (χ0n) is 10.3. The number of nitrogens with zero attached hydrogens (tertiary/aromatic N) is 2. The summed E-state index contributed by atoms with van der Waals surface area (Å²) in [7, 11) is 0. The zero-order valence-corrected chi connectivity index (χ0v) is 11.8. The average molecular weight is 305 g/mol. The highest BCUT2D eigenvalue weighted by Crippen LogP contribution is 2.31. The second-order valence-electron chi connectivity index (χ2n) is 4.18. The van der Waals surface area contributed by atoms with Crippen molar-refractivity contribution in [2.24, 2.45) is 0 Å². The molecule has 0 saturated heterocycles. The highest BCUT2D eigenvalue weighted by molar-refractivity contribution is 6.43. The van der Waals surface area contributed by atoms with Gasteiger partial charge in [-0.05, 0) is 24.3 Å². The minimum atomic E-state index is 0.380. The molecule has 0 fully saturated rings. The third kappa shape index (κ3) is 2.35. The van der Waals surface area contributed by atoms with Crippen molar-refractivity contribution in [1.29, 1.82) is 0 Å². The number of para-hydroxylation sites is 1. The van der Waals surface area contributed by atoms with Crippen LogP contribution in [0.5, 0.6) is 0 Å². The molecule has 0 amide bonds. The molecule has 3 N–H and O–H groups in total. The van der Waals surface area contributed by atoms with Crippen LogP contribution in [0.3, 0.4) is 0 Å². The van der Waals surface area contributed by atoms with Gasteiger partial charge in [0.05, 0.1) is 21.2 Å². The SMILES string of the molecule is Nc1nc(Nc2cccc(Cl)c2Cl)nc2ccccc12. The maximum atomic E-state index is 6.12. The van der Waals surface area contributed by atoms with E-state index in [9.17, 15) is 0 Å². The fourth-order valence-electron chi connectivity index (χ4n) is 1.88. The first kappa shape index (κ1) is 13.0. The van der Waals surface area contributed by atoms with Crippen molar-refractivity contribution in [2.75, 3.05) is 11.1 Å². The Balaban J connectivity index is 2.05. The van der Waals surface area contributed by atoms with Crippen LogP contribution in [0.15, 0.2) is 42.5 Å². The van der Waals surface area contributed by atoms with E-state index in [-0.39, 0.29) is 0 Å². The van der Waals surface area contributed by atoms with Crippen LogP contribution in [0.2, 0.25) is 10.0 Å². The predicted molar refractivity (Wildman–Crippen MR) is 83.7 cm³/mol. The maximum Gasteiger partial charge on any atom is 0.229 e. The fourth-order valence-corrected chi connectivity index (χ4v) is 2.23. The molecule has 2 aromatic carbocycles. The second kappa shape index (κ2) is 5.15. The number of hydrogen-bond acceptors (Lipinski definition) is 4. The normalized spacial score (nSPS) is 10.7. The van der Waals surface area contributed by atoms with Crippen LogP contribution in [0.1, 0.15) is 0 Å². The van der Waals surface area contributed by atoms with Crippen LogP contribution in [0, 0.1) is 0 Å². The molecule has 0 aliphatic carbocycles. The van der Waals surface area contributed by atoms with Gasteiger partial charge in [0, 0.05) is 5.39 Å². The van der Waals surface area contributed by atoms with Crippen LogP contribution >= 0.6 is 23.2 Å². The molecule has 0 bridgehead atoms. The summed E-state index contributed by atoms with van der Waals surface area (Å²) < 4.78 is 0. The Hall–Kier alpha value is -2.04. The van der Waals surface area contributed by atoms with E-state index in [1.54, 1.807) is 18.2 Å². The minimum absolute atomic E-state index is 0.380. The molecule has 100 valence electrons.